The Kier molecular flexibility index (Phi) is 23.0. The van der Waals surface area contributed by atoms with Gasteiger partial charge in [0.05, 0.1) is 208 Å². The predicted octanol–water partition coefficient (Wildman–Crippen LogP) is 7.95. The maximum absolute atomic E-state index is 6.67. The Balaban J connectivity index is 0.790. The minimum atomic E-state index is -0.955. The van der Waals surface area contributed by atoms with Crippen LogP contribution in [0.1, 0.15) is 117 Å². The Labute approximate surface area is 518 Å². The molecule has 8 saturated heterocycles. The third-order valence-corrected chi connectivity index (χ3v) is 15.7. The van der Waals surface area contributed by atoms with E-state index in [1.165, 1.54) is 0 Å². The second-order valence-corrected chi connectivity index (χ2v) is 22.8. The first-order valence-corrected chi connectivity index (χ1v) is 31.0. The van der Waals surface area contributed by atoms with Gasteiger partial charge in [-0.05, 0) is 98.5 Å². The molecular weight excluding hydrogens is 1160 g/mol. The zero-order valence-electron chi connectivity index (χ0n) is 51.3. The van der Waals surface area contributed by atoms with Crippen molar-refractivity contribution in [3.8, 4) is 23.0 Å². The summed E-state index contributed by atoms with van der Waals surface area (Å²) in [5, 5.41) is 0. The van der Waals surface area contributed by atoms with E-state index in [2.05, 4.69) is 0 Å². The Morgan fingerprint density at radius 3 is 0.539 bits per heavy atom. The van der Waals surface area contributed by atoms with Crippen molar-refractivity contribution in [3.63, 3.8) is 0 Å². The van der Waals surface area contributed by atoms with Crippen molar-refractivity contribution < 1.29 is 114 Å². The summed E-state index contributed by atoms with van der Waals surface area (Å²) in [5.74, 6) is 2.24. The number of hydrogen-bond acceptors (Lipinski definition) is 24. The molecule has 8 heterocycles. The highest BCUT2D eigenvalue weighted by Gasteiger charge is 2.37. The monoisotopic (exact) mass is 1250 g/mol. The van der Waals surface area contributed by atoms with Gasteiger partial charge >= 0.3 is 0 Å². The molecule has 8 fully saturated rings. The molecule has 488 valence electrons. The van der Waals surface area contributed by atoms with Crippen LogP contribution in [0, 0.1) is 33.1 Å². The maximum Gasteiger partial charge on any atom is 0.187 e. The second-order valence-electron chi connectivity index (χ2n) is 22.8. The molecule has 0 amide bonds. The van der Waals surface area contributed by atoms with Crippen LogP contribution in [0.15, 0.2) is 48.5 Å². The SMILES string of the molecule is Cc1cc(C2OCCO2)c(OCCOCC(COCCOc2c(C3OCCO3)cc(C)cc2C2OCCO2)(COCCOc2c(C3OCCO3)cc(C)cc2C2OCCO2)COCCOc2c(C3OCCO3)cc(C)cc2C2OCCO2)c(C2OCCO2)c1. The third kappa shape index (κ3) is 16.4. The van der Waals surface area contributed by atoms with E-state index in [9.17, 15) is 0 Å². The van der Waals surface area contributed by atoms with Crippen molar-refractivity contribution in [2.45, 2.75) is 78.0 Å². The van der Waals surface area contributed by atoms with Crippen LogP contribution in [0.3, 0.4) is 0 Å². The van der Waals surface area contributed by atoms with Gasteiger partial charge in [-0.3, -0.25) is 0 Å². The minimum absolute atomic E-state index is 0.104. The highest BCUT2D eigenvalue weighted by Crippen LogP contribution is 2.45. The Morgan fingerprint density at radius 1 is 0.247 bits per heavy atom. The Morgan fingerprint density at radius 2 is 0.393 bits per heavy atom. The van der Waals surface area contributed by atoms with E-state index in [1.807, 2.05) is 76.2 Å². The number of ether oxygens (including phenoxy) is 24. The summed E-state index contributed by atoms with van der Waals surface area (Å²) < 4.78 is 149. The van der Waals surface area contributed by atoms with Crippen LogP contribution in [-0.2, 0) is 94.7 Å². The zero-order chi connectivity index (χ0) is 60.8. The fraction of sp³-hybridized carbons (Fsp3) is 0.631. The Hall–Kier alpha value is -4.72. The molecular formula is C65H84O24. The average Bonchev–Trinajstić information content (AvgIpc) is 3.02. The van der Waals surface area contributed by atoms with Gasteiger partial charge in [-0.2, -0.15) is 0 Å². The lowest BCUT2D eigenvalue weighted by atomic mass is 9.92. The molecule has 8 aliphatic heterocycles. The summed E-state index contributed by atoms with van der Waals surface area (Å²) in [5.41, 5.74) is 8.96. The van der Waals surface area contributed by atoms with Crippen LogP contribution in [0.25, 0.3) is 0 Å². The lowest BCUT2D eigenvalue weighted by molar-refractivity contribution is -0.114. The first kappa shape index (κ1) is 64.4. The van der Waals surface area contributed by atoms with Gasteiger partial charge < -0.3 is 114 Å². The van der Waals surface area contributed by atoms with Gasteiger partial charge in [-0.1, -0.05) is 0 Å². The second kappa shape index (κ2) is 31.7. The fourth-order valence-corrected chi connectivity index (χ4v) is 11.9. The van der Waals surface area contributed by atoms with Gasteiger partial charge in [0, 0.05) is 0 Å². The predicted molar refractivity (Wildman–Crippen MR) is 310 cm³/mol. The highest BCUT2D eigenvalue weighted by molar-refractivity contribution is 5.49. The van der Waals surface area contributed by atoms with Crippen molar-refractivity contribution in [1.29, 1.82) is 0 Å². The summed E-state index contributed by atoms with van der Waals surface area (Å²) in [7, 11) is 0. The van der Waals surface area contributed by atoms with E-state index in [0.717, 1.165) is 66.8 Å². The standard InChI is InChI=1S/C65H84O24/c1-41-29-45(57-74-13-14-75-57)53(46(30-41)58-76-15-16-77-58)70-9-5-66-37-65(38-67-6-10-71-54-47(59-78-17-18-79-59)31-42(2)32-48(54)60-80-19-20-81-60,39-68-7-11-72-55-49(61-82-21-22-83-61)33-43(3)34-50(55)62-84-23-24-85-62)40-69-8-12-73-56-51(63-86-25-26-87-63)35-44(4)36-52(56)64-88-27-28-89-64/h29-36,57-64H,5-28,37-40H2,1-4H3. The quantitative estimate of drug-likeness (QED) is 0.0423. The largest absolute Gasteiger partial charge is 0.490 e. The van der Waals surface area contributed by atoms with Gasteiger partial charge in [0.25, 0.3) is 0 Å². The van der Waals surface area contributed by atoms with Crippen molar-refractivity contribution in [2.75, 3.05) is 185 Å². The van der Waals surface area contributed by atoms with E-state index in [1.54, 1.807) is 0 Å². The highest BCUT2D eigenvalue weighted by atomic mass is 16.8. The average molecular weight is 1250 g/mol. The third-order valence-electron chi connectivity index (χ3n) is 15.7. The molecule has 0 atom stereocenters. The van der Waals surface area contributed by atoms with Crippen LogP contribution in [0.4, 0.5) is 0 Å². The van der Waals surface area contributed by atoms with Gasteiger partial charge in [0.2, 0.25) is 0 Å². The lowest BCUT2D eigenvalue weighted by Gasteiger charge is -2.33. The van der Waals surface area contributed by atoms with Crippen molar-refractivity contribution in [2.24, 2.45) is 5.41 Å². The summed E-state index contributed by atoms with van der Waals surface area (Å²) >= 11 is 0. The molecule has 4 aromatic rings. The van der Waals surface area contributed by atoms with Crippen molar-refractivity contribution in [1.82, 2.24) is 0 Å². The summed E-state index contributed by atoms with van der Waals surface area (Å²) in [4.78, 5) is 0. The summed E-state index contributed by atoms with van der Waals surface area (Å²) in [6, 6.07) is 16.0. The molecule has 0 radical (unpaired) electrons. The van der Waals surface area contributed by atoms with E-state index in [0.29, 0.717) is 129 Å². The minimum Gasteiger partial charge on any atom is -0.490 e. The molecule has 0 spiro atoms. The molecule has 0 aliphatic carbocycles. The fourth-order valence-electron chi connectivity index (χ4n) is 11.9. The molecule has 89 heavy (non-hydrogen) atoms. The van der Waals surface area contributed by atoms with Crippen molar-refractivity contribution in [3.05, 3.63) is 115 Å². The molecule has 0 unspecified atom stereocenters. The van der Waals surface area contributed by atoms with E-state index < -0.39 is 55.7 Å². The molecule has 0 bridgehead atoms. The molecule has 8 aliphatic rings. The molecule has 24 heteroatoms. The van der Waals surface area contributed by atoms with Crippen LogP contribution >= 0.6 is 0 Å². The van der Waals surface area contributed by atoms with Gasteiger partial charge in [0.1, 0.15) is 49.4 Å². The molecule has 0 saturated carbocycles. The van der Waals surface area contributed by atoms with E-state index >= 15 is 0 Å². The zero-order valence-corrected chi connectivity index (χ0v) is 51.3. The summed E-state index contributed by atoms with van der Waals surface area (Å²) in [6.45, 7) is 17.0. The van der Waals surface area contributed by atoms with Gasteiger partial charge in [-0.25, -0.2) is 0 Å². The van der Waals surface area contributed by atoms with Crippen LogP contribution in [-0.4, -0.2) is 185 Å². The normalized spacial score (nSPS) is 20.6. The smallest absolute Gasteiger partial charge is 0.187 e. The van der Waals surface area contributed by atoms with Crippen LogP contribution in [0.5, 0.6) is 23.0 Å². The van der Waals surface area contributed by atoms with Crippen LogP contribution in [0.2, 0.25) is 0 Å². The number of rotatable bonds is 32. The first-order chi connectivity index (χ1) is 43.8. The topological polar surface area (TPSA) is 222 Å². The summed E-state index contributed by atoms with van der Waals surface area (Å²) in [6.07, 6.45) is -4.92. The van der Waals surface area contributed by atoms with Gasteiger partial charge in [-0.15, -0.1) is 0 Å². The molecule has 12 rings (SSSR count). The molecule has 4 aromatic carbocycles. The van der Waals surface area contributed by atoms with Crippen molar-refractivity contribution >= 4 is 0 Å². The number of aryl methyl sites for hydroxylation is 4. The molecule has 0 aromatic heterocycles. The van der Waals surface area contributed by atoms with Crippen LogP contribution < -0.4 is 18.9 Å². The number of benzene rings is 4. The first-order valence-electron chi connectivity index (χ1n) is 31.0. The van der Waals surface area contributed by atoms with Gasteiger partial charge in [0.15, 0.2) is 50.3 Å². The molecule has 0 N–H and O–H groups in total. The Bertz CT molecular complexity index is 2340. The molecule has 24 nitrogen and oxygen atoms in total. The van der Waals surface area contributed by atoms with E-state index in [4.69, 9.17) is 114 Å². The lowest BCUT2D eigenvalue weighted by Crippen LogP contribution is -2.43. The van der Waals surface area contributed by atoms with E-state index in [-0.39, 0.29) is 79.3 Å². The number of hydrogen-bond donors (Lipinski definition) is 0. The maximum atomic E-state index is 6.67.